The van der Waals surface area contributed by atoms with E-state index in [2.05, 4.69) is 26.6 Å². The van der Waals surface area contributed by atoms with Gasteiger partial charge in [-0.15, -0.1) is 0 Å². The van der Waals surface area contributed by atoms with Crippen LogP contribution in [0.3, 0.4) is 0 Å². The molecule has 1 saturated heterocycles. The molecule has 3 rings (SSSR count). The van der Waals surface area contributed by atoms with Crippen molar-refractivity contribution < 1.29 is 9.13 Å². The van der Waals surface area contributed by atoms with Crippen LogP contribution in [-0.2, 0) is 11.3 Å². The molecule has 0 aromatic heterocycles. The Morgan fingerprint density at radius 2 is 2.29 bits per heavy atom. The summed E-state index contributed by atoms with van der Waals surface area (Å²) in [6, 6.07) is 5.87. The van der Waals surface area contributed by atoms with Crippen molar-refractivity contribution in [2.45, 2.75) is 37.9 Å². The van der Waals surface area contributed by atoms with Crippen LogP contribution in [0.5, 0.6) is 0 Å². The Morgan fingerprint density at radius 3 is 3.05 bits per heavy atom. The predicted octanol–water partition coefficient (Wildman–Crippen LogP) is 2.83. The van der Waals surface area contributed by atoms with E-state index < -0.39 is 0 Å². The first kappa shape index (κ1) is 15.4. The highest BCUT2D eigenvalue weighted by atomic mass is 79.9. The van der Waals surface area contributed by atoms with Gasteiger partial charge in [0, 0.05) is 29.6 Å². The van der Waals surface area contributed by atoms with E-state index in [-0.39, 0.29) is 5.82 Å². The van der Waals surface area contributed by atoms with E-state index in [1.165, 1.54) is 31.4 Å². The van der Waals surface area contributed by atoms with Crippen LogP contribution in [0.25, 0.3) is 0 Å². The minimum atomic E-state index is -0.201. The van der Waals surface area contributed by atoms with Crippen LogP contribution in [0, 0.1) is 11.7 Å². The Morgan fingerprint density at radius 1 is 1.38 bits per heavy atom. The number of nitrogens with one attached hydrogen (secondary N) is 2. The molecule has 1 heterocycles. The zero-order valence-corrected chi connectivity index (χ0v) is 13.7. The molecule has 21 heavy (non-hydrogen) atoms. The van der Waals surface area contributed by atoms with Gasteiger partial charge in [0.2, 0.25) is 0 Å². The van der Waals surface area contributed by atoms with E-state index in [0.29, 0.717) is 18.0 Å². The molecule has 0 radical (unpaired) electrons. The molecule has 3 atom stereocenters. The first-order chi connectivity index (χ1) is 10.2. The first-order valence-corrected chi connectivity index (χ1v) is 8.52. The van der Waals surface area contributed by atoms with Crippen LogP contribution in [-0.4, -0.2) is 31.8 Å². The average Bonchev–Trinajstić information content (AvgIpc) is 2.96. The third kappa shape index (κ3) is 3.83. The quantitative estimate of drug-likeness (QED) is 0.870. The number of halogens is 2. The molecule has 1 aliphatic carbocycles. The molecule has 2 N–H and O–H groups in total. The van der Waals surface area contributed by atoms with E-state index in [9.17, 15) is 4.39 Å². The molecule has 0 amide bonds. The molecule has 2 aliphatic rings. The molecule has 1 aromatic rings. The second kappa shape index (κ2) is 7.18. The van der Waals surface area contributed by atoms with E-state index in [4.69, 9.17) is 4.74 Å². The van der Waals surface area contributed by atoms with Crippen molar-refractivity contribution in [3.05, 3.63) is 34.1 Å². The van der Waals surface area contributed by atoms with Gasteiger partial charge in [-0.2, -0.15) is 0 Å². The Bertz CT molecular complexity index is 479. The Hall–Kier alpha value is -0.490. The zero-order valence-electron chi connectivity index (χ0n) is 12.1. The molecule has 0 spiro atoms. The molecule has 2 fully saturated rings. The summed E-state index contributed by atoms with van der Waals surface area (Å²) in [6.45, 7) is 3.37. The lowest BCUT2D eigenvalue weighted by molar-refractivity contribution is 0.0524. The van der Waals surface area contributed by atoms with Gasteiger partial charge in [-0.05, 0) is 36.5 Å². The molecular formula is C16H22BrFN2O. The SMILES string of the molecule is Fc1ccc(CNC2CCCC2C2COCCN2)c(Br)c1. The summed E-state index contributed by atoms with van der Waals surface area (Å²) in [5, 5.41) is 7.24. The van der Waals surface area contributed by atoms with Crippen LogP contribution in [0.15, 0.2) is 22.7 Å². The van der Waals surface area contributed by atoms with Gasteiger partial charge in [0.25, 0.3) is 0 Å². The maximum Gasteiger partial charge on any atom is 0.124 e. The third-order valence-electron chi connectivity index (χ3n) is 4.61. The van der Waals surface area contributed by atoms with Crippen molar-refractivity contribution in [1.29, 1.82) is 0 Å². The number of hydrogen-bond donors (Lipinski definition) is 2. The van der Waals surface area contributed by atoms with Gasteiger partial charge in [-0.3, -0.25) is 0 Å². The van der Waals surface area contributed by atoms with Crippen LogP contribution in [0.4, 0.5) is 4.39 Å². The molecule has 3 nitrogen and oxygen atoms in total. The summed E-state index contributed by atoms with van der Waals surface area (Å²) in [4.78, 5) is 0. The number of ether oxygens (including phenoxy) is 1. The summed E-state index contributed by atoms with van der Waals surface area (Å²) < 4.78 is 19.6. The molecule has 1 aromatic carbocycles. The smallest absolute Gasteiger partial charge is 0.124 e. The molecule has 1 aliphatic heterocycles. The van der Waals surface area contributed by atoms with Gasteiger partial charge >= 0.3 is 0 Å². The van der Waals surface area contributed by atoms with E-state index in [0.717, 1.165) is 36.3 Å². The minimum absolute atomic E-state index is 0.201. The fourth-order valence-electron chi connectivity index (χ4n) is 3.49. The zero-order chi connectivity index (χ0) is 14.7. The summed E-state index contributed by atoms with van der Waals surface area (Å²) in [7, 11) is 0. The van der Waals surface area contributed by atoms with Crippen molar-refractivity contribution in [2.75, 3.05) is 19.8 Å². The Kier molecular flexibility index (Phi) is 5.27. The van der Waals surface area contributed by atoms with Crippen molar-refractivity contribution in [3.8, 4) is 0 Å². The average molecular weight is 357 g/mol. The Labute approximate surface area is 133 Å². The number of hydrogen-bond acceptors (Lipinski definition) is 3. The number of rotatable bonds is 4. The molecule has 3 unspecified atom stereocenters. The van der Waals surface area contributed by atoms with E-state index >= 15 is 0 Å². The van der Waals surface area contributed by atoms with Crippen LogP contribution >= 0.6 is 15.9 Å². The summed E-state index contributed by atoms with van der Waals surface area (Å²) in [5.41, 5.74) is 1.11. The number of morpholine rings is 1. The topological polar surface area (TPSA) is 33.3 Å². The first-order valence-electron chi connectivity index (χ1n) is 7.72. The standard InChI is InChI=1S/C16H22BrFN2O/c17-14-8-12(18)5-4-11(14)9-20-15-3-1-2-13(15)16-10-21-7-6-19-16/h4-5,8,13,15-16,19-20H,1-3,6-7,9-10H2. The maximum atomic E-state index is 13.1. The van der Waals surface area contributed by atoms with Gasteiger partial charge in [-0.1, -0.05) is 28.4 Å². The fourth-order valence-corrected chi connectivity index (χ4v) is 3.98. The lowest BCUT2D eigenvalue weighted by atomic mass is 9.94. The fraction of sp³-hybridized carbons (Fsp3) is 0.625. The third-order valence-corrected chi connectivity index (χ3v) is 5.34. The second-order valence-corrected chi connectivity index (χ2v) is 6.81. The normalized spacial score (nSPS) is 29.7. The second-order valence-electron chi connectivity index (χ2n) is 5.95. The van der Waals surface area contributed by atoms with Crippen molar-refractivity contribution in [1.82, 2.24) is 10.6 Å². The number of benzene rings is 1. The highest BCUT2D eigenvalue weighted by molar-refractivity contribution is 9.10. The van der Waals surface area contributed by atoms with Crippen LogP contribution in [0.2, 0.25) is 0 Å². The highest BCUT2D eigenvalue weighted by Crippen LogP contribution is 2.30. The molecule has 1 saturated carbocycles. The van der Waals surface area contributed by atoms with Gasteiger partial charge in [-0.25, -0.2) is 4.39 Å². The molecule has 5 heteroatoms. The summed E-state index contributed by atoms with van der Waals surface area (Å²) >= 11 is 3.44. The minimum Gasteiger partial charge on any atom is -0.379 e. The lowest BCUT2D eigenvalue weighted by Gasteiger charge is -2.33. The van der Waals surface area contributed by atoms with Crippen molar-refractivity contribution >= 4 is 15.9 Å². The molecule has 0 bridgehead atoms. The maximum absolute atomic E-state index is 13.1. The van der Waals surface area contributed by atoms with Crippen LogP contribution in [0.1, 0.15) is 24.8 Å². The van der Waals surface area contributed by atoms with Gasteiger partial charge in [0.1, 0.15) is 5.82 Å². The van der Waals surface area contributed by atoms with E-state index in [1.54, 1.807) is 0 Å². The van der Waals surface area contributed by atoms with Crippen molar-refractivity contribution in [3.63, 3.8) is 0 Å². The summed E-state index contributed by atoms with van der Waals surface area (Å²) in [6.07, 6.45) is 3.73. The molecular weight excluding hydrogens is 335 g/mol. The lowest BCUT2D eigenvalue weighted by Crippen LogP contribution is -2.50. The summed E-state index contributed by atoms with van der Waals surface area (Å²) in [5.74, 6) is 0.428. The highest BCUT2D eigenvalue weighted by Gasteiger charge is 2.34. The van der Waals surface area contributed by atoms with Crippen LogP contribution < -0.4 is 10.6 Å². The Balaban J connectivity index is 1.58. The monoisotopic (exact) mass is 356 g/mol. The van der Waals surface area contributed by atoms with Gasteiger partial charge in [0.15, 0.2) is 0 Å². The van der Waals surface area contributed by atoms with Gasteiger partial charge < -0.3 is 15.4 Å². The predicted molar refractivity (Wildman–Crippen MR) is 84.7 cm³/mol. The van der Waals surface area contributed by atoms with E-state index in [1.807, 2.05) is 6.07 Å². The molecule has 116 valence electrons. The largest absolute Gasteiger partial charge is 0.379 e. The van der Waals surface area contributed by atoms with Gasteiger partial charge in [0.05, 0.1) is 13.2 Å². The van der Waals surface area contributed by atoms with Crippen molar-refractivity contribution in [2.24, 2.45) is 5.92 Å².